The number of aliphatic hydroxyl groups excluding tert-OH is 5. The van der Waals surface area contributed by atoms with E-state index in [9.17, 15) is 59.7 Å². The lowest BCUT2D eigenvalue weighted by Gasteiger charge is -2.61. The second-order valence-electron chi connectivity index (χ2n) is 11.4. The molecule has 1 aromatic carbocycles. The first-order chi connectivity index (χ1) is 20.5. The van der Waals surface area contributed by atoms with Gasteiger partial charge in [-0.05, 0) is 24.6 Å². The summed E-state index contributed by atoms with van der Waals surface area (Å²) in [5.74, 6) is -8.18. The van der Waals surface area contributed by atoms with E-state index in [1.165, 1.54) is 18.2 Å². The number of halogens is 1. The van der Waals surface area contributed by atoms with Crippen LogP contribution in [0, 0.1) is 5.92 Å². The van der Waals surface area contributed by atoms with Crippen LogP contribution in [0.25, 0.3) is 0 Å². The third-order valence-corrected chi connectivity index (χ3v) is 9.51. The number of nitrogens with zero attached hydrogens (tertiary/aromatic N) is 2. The number of fused-ring (bicyclic) bond motifs is 5. The smallest absolute Gasteiger partial charge is 0.326 e. The fourth-order valence-electron chi connectivity index (χ4n) is 6.92. The minimum Gasteiger partial charge on any atom is -0.456 e. The summed E-state index contributed by atoms with van der Waals surface area (Å²) in [6.07, 6.45) is -12.9. The molecule has 4 heterocycles. The number of rotatable bonds is 2. The van der Waals surface area contributed by atoms with E-state index in [0.717, 1.165) is 6.92 Å². The fraction of sp³-hybridized carbons (Fsp3) is 0.520. The van der Waals surface area contributed by atoms with Crippen molar-refractivity contribution in [1.29, 1.82) is 0 Å². The molecule has 0 bridgehead atoms. The molecular weight excluding hydrogens is 658 g/mol. The molecule has 2 unspecified atom stereocenters. The maximum absolute atomic E-state index is 14.3. The Labute approximate surface area is 254 Å². The molecule has 236 valence electrons. The van der Waals surface area contributed by atoms with E-state index in [0.29, 0.717) is 9.37 Å². The van der Waals surface area contributed by atoms with E-state index >= 15 is 0 Å². The molecule has 44 heavy (non-hydrogen) atoms. The lowest BCUT2D eigenvalue weighted by molar-refractivity contribution is -0.259. The molecule has 1 aliphatic carbocycles. The minimum atomic E-state index is -2.96. The minimum absolute atomic E-state index is 0.0154. The first-order valence-electron chi connectivity index (χ1n) is 13.2. The zero-order valence-corrected chi connectivity index (χ0v) is 24.0. The SMILES string of the molecule is C[C@@]1(O)C(=O)N2[C@@H]3C(=O)NC(=O)NC3=NC[C@@]2(O)[C@H](C(=O)OC2[C@@H](O)[C@H](O)C(O)[C@@H](O)[C@H]2O)[C@]12C(=O)Nc1cc(Br)ccc12. The molecule has 4 aliphatic heterocycles. The molecule has 0 aromatic heterocycles. The van der Waals surface area contributed by atoms with E-state index in [1.807, 2.05) is 5.32 Å². The number of nitrogens with one attached hydrogen (secondary N) is 3. The number of urea groups is 1. The van der Waals surface area contributed by atoms with E-state index in [2.05, 4.69) is 31.6 Å². The Kier molecular flexibility index (Phi) is 6.73. The lowest BCUT2D eigenvalue weighted by Crippen LogP contribution is -2.86. The number of anilines is 1. The predicted molar refractivity (Wildman–Crippen MR) is 143 cm³/mol. The highest BCUT2D eigenvalue weighted by molar-refractivity contribution is 9.10. The number of carbonyl (C=O) groups excluding carboxylic acids is 5. The summed E-state index contributed by atoms with van der Waals surface area (Å²) < 4.78 is 5.79. The molecule has 3 fully saturated rings. The maximum atomic E-state index is 14.3. The molecule has 1 aromatic rings. The van der Waals surface area contributed by atoms with Crippen LogP contribution in [0.4, 0.5) is 10.5 Å². The van der Waals surface area contributed by atoms with Crippen molar-refractivity contribution in [1.82, 2.24) is 15.5 Å². The molecule has 6 rings (SSSR count). The van der Waals surface area contributed by atoms with Crippen LogP contribution in [-0.4, -0.2) is 137 Å². The number of amides is 5. The summed E-state index contributed by atoms with van der Waals surface area (Å²) in [6, 6.07) is 1.19. The molecule has 5 aliphatic rings. The first-order valence-corrected chi connectivity index (χ1v) is 14.0. The van der Waals surface area contributed by atoms with Crippen LogP contribution in [0.2, 0.25) is 0 Å². The molecule has 1 saturated carbocycles. The van der Waals surface area contributed by atoms with E-state index in [4.69, 9.17) is 4.74 Å². The normalized spacial score (nSPS) is 42.8. The summed E-state index contributed by atoms with van der Waals surface area (Å²) in [5, 5.41) is 82.4. The maximum Gasteiger partial charge on any atom is 0.326 e. The van der Waals surface area contributed by atoms with Crippen LogP contribution < -0.4 is 16.0 Å². The van der Waals surface area contributed by atoms with Crippen molar-refractivity contribution in [2.45, 2.75) is 66.3 Å². The van der Waals surface area contributed by atoms with Gasteiger partial charge in [0, 0.05) is 10.2 Å². The highest BCUT2D eigenvalue weighted by atomic mass is 79.9. The number of aliphatic hydroxyl groups is 7. The van der Waals surface area contributed by atoms with Crippen LogP contribution in [-0.2, 0) is 29.3 Å². The van der Waals surface area contributed by atoms with Crippen molar-refractivity contribution in [3.63, 3.8) is 0 Å². The molecular formula is C25H26BrN5O13. The standard InChI is InChI=1S/C25H26BrN5O13/c1-23(42)21(40)31-9-17(29-22(41)30-18(9)37)27-5-24(31,43)16(25(23)7-3-2-6(26)4-8(7)28-20(25)39)19(38)44-15-13(35)11(33)10(32)12(34)14(15)36/h2-4,9-16,32-36,42-43H,5H2,1H3,(H,28,39)(H2,27,29,30,37,41)/t9-,10?,11+,12+,13-,14+,15?,16-,23+,24+,25+/m0/s1. The number of ether oxygens (including phenoxy) is 1. The third kappa shape index (κ3) is 3.71. The molecule has 11 atom stereocenters. The summed E-state index contributed by atoms with van der Waals surface area (Å²) in [4.78, 5) is 71.9. The largest absolute Gasteiger partial charge is 0.456 e. The van der Waals surface area contributed by atoms with E-state index in [-0.39, 0.29) is 11.3 Å². The van der Waals surface area contributed by atoms with Gasteiger partial charge in [-0.2, -0.15) is 0 Å². The Hall–Kier alpha value is -3.56. The first kappa shape index (κ1) is 30.5. The number of amidine groups is 1. The van der Waals surface area contributed by atoms with E-state index in [1.54, 1.807) is 0 Å². The molecule has 2 saturated heterocycles. The second-order valence-corrected chi connectivity index (χ2v) is 12.3. The van der Waals surface area contributed by atoms with Crippen molar-refractivity contribution in [3.05, 3.63) is 28.2 Å². The van der Waals surface area contributed by atoms with Crippen molar-refractivity contribution in [2.75, 3.05) is 11.9 Å². The topological polar surface area (TPSA) is 288 Å². The predicted octanol–water partition coefficient (Wildman–Crippen LogP) is -5.11. The van der Waals surface area contributed by atoms with Crippen molar-refractivity contribution < 1.29 is 64.5 Å². The Morgan fingerprint density at radius 2 is 1.59 bits per heavy atom. The van der Waals surface area contributed by atoms with Crippen molar-refractivity contribution >= 4 is 57.2 Å². The zero-order valence-electron chi connectivity index (χ0n) is 22.4. The van der Waals surface area contributed by atoms with Crippen molar-refractivity contribution in [3.8, 4) is 0 Å². The quantitative estimate of drug-likeness (QED) is 0.131. The zero-order chi connectivity index (χ0) is 32.3. The number of imide groups is 1. The van der Waals surface area contributed by atoms with Gasteiger partial charge in [0.2, 0.25) is 5.91 Å². The molecule has 5 amide bonds. The van der Waals surface area contributed by atoms with Crippen molar-refractivity contribution in [2.24, 2.45) is 10.9 Å². The number of benzene rings is 1. The average Bonchev–Trinajstić information content (AvgIpc) is 3.23. The fourth-order valence-corrected chi connectivity index (χ4v) is 7.28. The number of hydrogen-bond acceptors (Lipinski definition) is 14. The Balaban J connectivity index is 1.57. The molecule has 0 radical (unpaired) electrons. The summed E-state index contributed by atoms with van der Waals surface area (Å²) in [5.41, 5.74) is -8.77. The number of aliphatic imine (C=N–C) groups is 1. The third-order valence-electron chi connectivity index (χ3n) is 9.02. The molecule has 10 N–H and O–H groups in total. The summed E-state index contributed by atoms with van der Waals surface area (Å²) in [7, 11) is 0. The summed E-state index contributed by atoms with van der Waals surface area (Å²) >= 11 is 3.24. The lowest BCUT2D eigenvalue weighted by atomic mass is 9.54. The number of piperidine rings is 1. The van der Waals surface area contributed by atoms with Gasteiger partial charge in [-0.25, -0.2) is 4.79 Å². The second kappa shape index (κ2) is 9.72. The van der Waals surface area contributed by atoms with Crippen LogP contribution in [0.5, 0.6) is 0 Å². The van der Waals surface area contributed by atoms with Gasteiger partial charge >= 0.3 is 12.0 Å². The molecule has 18 nitrogen and oxygen atoms in total. The van der Waals surface area contributed by atoms with Gasteiger partial charge in [0.05, 0.1) is 6.54 Å². The molecule has 19 heteroatoms. The van der Waals surface area contributed by atoms with Crippen LogP contribution in [0.1, 0.15) is 12.5 Å². The van der Waals surface area contributed by atoms with Crippen LogP contribution >= 0.6 is 15.9 Å². The van der Waals surface area contributed by atoms with Gasteiger partial charge in [0.1, 0.15) is 47.7 Å². The number of hydrogen-bond donors (Lipinski definition) is 10. The Bertz CT molecular complexity index is 1540. The van der Waals surface area contributed by atoms with Gasteiger partial charge in [-0.3, -0.25) is 39.7 Å². The van der Waals surface area contributed by atoms with E-state index < -0.39 is 107 Å². The number of esters is 1. The van der Waals surface area contributed by atoms with Crippen LogP contribution in [0.3, 0.4) is 0 Å². The van der Waals surface area contributed by atoms with Crippen LogP contribution in [0.15, 0.2) is 27.7 Å². The number of carbonyl (C=O) groups is 5. The van der Waals surface area contributed by atoms with Gasteiger partial charge < -0.3 is 45.8 Å². The monoisotopic (exact) mass is 683 g/mol. The highest BCUT2D eigenvalue weighted by Crippen LogP contribution is 2.59. The van der Waals surface area contributed by atoms with Gasteiger partial charge in [0.15, 0.2) is 23.5 Å². The highest BCUT2D eigenvalue weighted by Gasteiger charge is 2.80. The van der Waals surface area contributed by atoms with Gasteiger partial charge in [-0.15, -0.1) is 0 Å². The Morgan fingerprint density at radius 3 is 2.23 bits per heavy atom. The Morgan fingerprint density at radius 1 is 0.977 bits per heavy atom. The van der Waals surface area contributed by atoms with Gasteiger partial charge in [-0.1, -0.05) is 22.0 Å². The summed E-state index contributed by atoms with van der Waals surface area (Å²) in [6.45, 7) is -0.0700. The average molecular weight is 684 g/mol. The molecule has 1 spiro atoms. The van der Waals surface area contributed by atoms with Gasteiger partial charge in [0.25, 0.3) is 11.8 Å².